The maximum absolute atomic E-state index is 12.6. The number of fused-ring (bicyclic) bond motifs is 1. The zero-order valence-corrected chi connectivity index (χ0v) is 9.38. The second-order valence-electron chi connectivity index (χ2n) is 3.52. The molecule has 0 fully saturated rings. The van der Waals surface area contributed by atoms with Gasteiger partial charge in [0.05, 0.1) is 11.1 Å². The quantitative estimate of drug-likeness (QED) is 0.865. The minimum Gasteiger partial charge on any atom is -0.478 e. The van der Waals surface area contributed by atoms with Gasteiger partial charge in [0.2, 0.25) is 0 Å². The van der Waals surface area contributed by atoms with Gasteiger partial charge in [-0.25, -0.2) is 9.78 Å². The second kappa shape index (κ2) is 4.13. The SMILES string of the molecule is O=C(O)c1cc(C(F)(F)F)nc2cc(Cl)ccc12. The molecule has 1 heterocycles. The van der Waals surface area contributed by atoms with Gasteiger partial charge in [-0.1, -0.05) is 17.7 Å². The minimum absolute atomic E-state index is 0.102. The third-order valence-electron chi connectivity index (χ3n) is 2.29. The highest BCUT2D eigenvalue weighted by Crippen LogP contribution is 2.31. The van der Waals surface area contributed by atoms with Crippen LogP contribution in [-0.4, -0.2) is 16.1 Å². The Morgan fingerprint density at radius 3 is 2.50 bits per heavy atom. The number of halogens is 4. The van der Waals surface area contributed by atoms with Gasteiger partial charge in [0.25, 0.3) is 0 Å². The topological polar surface area (TPSA) is 50.2 Å². The fourth-order valence-electron chi connectivity index (χ4n) is 1.52. The number of aromatic nitrogens is 1. The normalized spacial score (nSPS) is 11.8. The van der Waals surface area contributed by atoms with Crippen LogP contribution in [-0.2, 0) is 6.18 Å². The lowest BCUT2D eigenvalue weighted by molar-refractivity contribution is -0.140. The van der Waals surface area contributed by atoms with E-state index < -0.39 is 23.4 Å². The number of benzene rings is 1. The molecular weight excluding hydrogens is 271 g/mol. The zero-order chi connectivity index (χ0) is 13.5. The first kappa shape index (κ1) is 12.6. The standard InChI is InChI=1S/C11H5ClF3NO2/c12-5-1-2-6-7(10(17)18)4-9(11(13,14)15)16-8(6)3-5/h1-4H,(H,17,18). The molecule has 1 aromatic carbocycles. The number of carbonyl (C=O) groups is 1. The molecule has 3 nitrogen and oxygen atoms in total. The Kier molecular flexibility index (Phi) is 2.90. The van der Waals surface area contributed by atoms with Gasteiger partial charge in [-0.05, 0) is 18.2 Å². The first-order valence-electron chi connectivity index (χ1n) is 4.70. The van der Waals surface area contributed by atoms with Gasteiger partial charge in [0, 0.05) is 10.4 Å². The molecule has 0 aliphatic heterocycles. The monoisotopic (exact) mass is 275 g/mol. The van der Waals surface area contributed by atoms with E-state index in [1.54, 1.807) is 0 Å². The third kappa shape index (κ3) is 2.24. The number of carboxylic acids is 1. The Morgan fingerprint density at radius 1 is 1.28 bits per heavy atom. The number of hydrogen-bond donors (Lipinski definition) is 1. The number of aromatic carboxylic acids is 1. The largest absolute Gasteiger partial charge is 0.478 e. The molecular formula is C11H5ClF3NO2. The molecule has 0 saturated heterocycles. The average molecular weight is 276 g/mol. The maximum atomic E-state index is 12.6. The summed E-state index contributed by atoms with van der Waals surface area (Å²) in [5.74, 6) is -1.45. The fourth-order valence-corrected chi connectivity index (χ4v) is 1.69. The molecule has 2 rings (SSSR count). The minimum atomic E-state index is -4.71. The molecule has 0 bridgehead atoms. The van der Waals surface area contributed by atoms with Crippen LogP contribution < -0.4 is 0 Å². The summed E-state index contributed by atoms with van der Waals surface area (Å²) in [7, 11) is 0. The van der Waals surface area contributed by atoms with Crippen molar-refractivity contribution in [2.45, 2.75) is 6.18 Å². The summed E-state index contributed by atoms with van der Waals surface area (Å²) >= 11 is 5.65. The molecule has 18 heavy (non-hydrogen) atoms. The van der Waals surface area contributed by atoms with Crippen LogP contribution in [0.1, 0.15) is 16.1 Å². The summed E-state index contributed by atoms with van der Waals surface area (Å²) in [5.41, 5.74) is -1.81. The number of pyridine rings is 1. The van der Waals surface area contributed by atoms with Gasteiger partial charge in [0.1, 0.15) is 5.69 Å². The van der Waals surface area contributed by atoms with Gasteiger partial charge in [-0.3, -0.25) is 0 Å². The van der Waals surface area contributed by atoms with E-state index in [9.17, 15) is 18.0 Å². The average Bonchev–Trinajstić information content (AvgIpc) is 2.25. The lowest BCUT2D eigenvalue weighted by atomic mass is 10.1. The number of carboxylic acid groups (broad SMARTS) is 1. The van der Waals surface area contributed by atoms with Crippen LogP contribution in [0.25, 0.3) is 10.9 Å². The smallest absolute Gasteiger partial charge is 0.433 e. The van der Waals surface area contributed by atoms with Crippen LogP contribution in [0, 0.1) is 0 Å². The van der Waals surface area contributed by atoms with Crippen molar-refractivity contribution in [3.05, 3.63) is 40.5 Å². The predicted octanol–water partition coefficient (Wildman–Crippen LogP) is 3.61. The van der Waals surface area contributed by atoms with E-state index in [2.05, 4.69) is 4.98 Å². The molecule has 0 radical (unpaired) electrons. The second-order valence-corrected chi connectivity index (χ2v) is 3.96. The van der Waals surface area contributed by atoms with Crippen molar-refractivity contribution in [2.24, 2.45) is 0 Å². The van der Waals surface area contributed by atoms with Crippen LogP contribution in [0.4, 0.5) is 13.2 Å². The first-order valence-corrected chi connectivity index (χ1v) is 5.07. The lowest BCUT2D eigenvalue weighted by Crippen LogP contribution is -2.11. The van der Waals surface area contributed by atoms with E-state index in [0.29, 0.717) is 6.07 Å². The van der Waals surface area contributed by atoms with Crippen LogP contribution >= 0.6 is 11.6 Å². The van der Waals surface area contributed by atoms with Crippen molar-refractivity contribution in [3.8, 4) is 0 Å². The molecule has 94 valence electrons. The van der Waals surface area contributed by atoms with Crippen molar-refractivity contribution >= 4 is 28.5 Å². The molecule has 0 atom stereocenters. The maximum Gasteiger partial charge on any atom is 0.433 e. The van der Waals surface area contributed by atoms with E-state index in [-0.39, 0.29) is 15.9 Å². The van der Waals surface area contributed by atoms with Gasteiger partial charge < -0.3 is 5.11 Å². The summed E-state index contributed by atoms with van der Waals surface area (Å²) in [5, 5.41) is 9.21. The summed E-state index contributed by atoms with van der Waals surface area (Å²) in [6, 6.07) is 4.43. The van der Waals surface area contributed by atoms with E-state index in [1.807, 2.05) is 0 Å². The molecule has 0 amide bonds. The predicted molar refractivity (Wildman–Crippen MR) is 58.7 cm³/mol. The lowest BCUT2D eigenvalue weighted by Gasteiger charge is -2.09. The third-order valence-corrected chi connectivity index (χ3v) is 2.53. The first-order chi connectivity index (χ1) is 8.29. The number of rotatable bonds is 1. The molecule has 1 N–H and O–H groups in total. The summed E-state index contributed by atoms with van der Waals surface area (Å²) in [6.45, 7) is 0. The molecule has 1 aromatic heterocycles. The molecule has 2 aromatic rings. The molecule has 7 heteroatoms. The van der Waals surface area contributed by atoms with Crippen molar-refractivity contribution in [2.75, 3.05) is 0 Å². The van der Waals surface area contributed by atoms with E-state index in [1.165, 1.54) is 18.2 Å². The molecule has 0 saturated carbocycles. The van der Waals surface area contributed by atoms with Gasteiger partial charge in [-0.15, -0.1) is 0 Å². The molecule has 0 aliphatic rings. The van der Waals surface area contributed by atoms with E-state index >= 15 is 0 Å². The summed E-state index contributed by atoms with van der Waals surface area (Å²) in [4.78, 5) is 14.3. The van der Waals surface area contributed by atoms with Crippen molar-refractivity contribution in [1.82, 2.24) is 4.98 Å². The van der Waals surface area contributed by atoms with Crippen LogP contribution in [0.15, 0.2) is 24.3 Å². The van der Waals surface area contributed by atoms with Crippen LogP contribution in [0.3, 0.4) is 0 Å². The van der Waals surface area contributed by atoms with Crippen LogP contribution in [0.2, 0.25) is 5.02 Å². The number of hydrogen-bond acceptors (Lipinski definition) is 2. The molecule has 0 unspecified atom stereocenters. The van der Waals surface area contributed by atoms with E-state index in [4.69, 9.17) is 16.7 Å². The Hall–Kier alpha value is -1.82. The highest BCUT2D eigenvalue weighted by Gasteiger charge is 2.34. The van der Waals surface area contributed by atoms with Gasteiger partial charge in [-0.2, -0.15) is 13.2 Å². The van der Waals surface area contributed by atoms with Crippen LogP contribution in [0.5, 0.6) is 0 Å². The van der Waals surface area contributed by atoms with Crippen molar-refractivity contribution < 1.29 is 23.1 Å². The number of nitrogens with zero attached hydrogens (tertiary/aromatic N) is 1. The molecule has 0 spiro atoms. The highest BCUT2D eigenvalue weighted by molar-refractivity contribution is 6.31. The fraction of sp³-hybridized carbons (Fsp3) is 0.0909. The Balaban J connectivity index is 2.83. The Labute approximate surface area is 104 Å². The Morgan fingerprint density at radius 2 is 1.94 bits per heavy atom. The highest BCUT2D eigenvalue weighted by atomic mass is 35.5. The van der Waals surface area contributed by atoms with Gasteiger partial charge >= 0.3 is 12.1 Å². The van der Waals surface area contributed by atoms with E-state index in [0.717, 1.165) is 0 Å². The van der Waals surface area contributed by atoms with Crippen molar-refractivity contribution in [3.63, 3.8) is 0 Å². The zero-order valence-electron chi connectivity index (χ0n) is 8.62. The molecule has 0 aliphatic carbocycles. The van der Waals surface area contributed by atoms with Gasteiger partial charge in [0.15, 0.2) is 0 Å². The van der Waals surface area contributed by atoms with Crippen molar-refractivity contribution in [1.29, 1.82) is 0 Å². The summed E-state index contributed by atoms with van der Waals surface area (Å²) in [6.07, 6.45) is -4.71. The summed E-state index contributed by atoms with van der Waals surface area (Å²) < 4.78 is 37.7. The number of alkyl halides is 3. The Bertz CT molecular complexity index is 640.